The summed E-state index contributed by atoms with van der Waals surface area (Å²) in [4.78, 5) is 33.9. The number of benzene rings is 1. The van der Waals surface area contributed by atoms with Crippen molar-refractivity contribution in [2.45, 2.75) is 57.7 Å². The Morgan fingerprint density at radius 2 is 1.86 bits per heavy atom. The van der Waals surface area contributed by atoms with E-state index in [0.717, 1.165) is 53.7 Å². The van der Waals surface area contributed by atoms with Crippen LogP contribution in [0, 0.1) is 12.8 Å². The van der Waals surface area contributed by atoms with Gasteiger partial charge in [-0.1, -0.05) is 30.3 Å². The predicted octanol–water partition coefficient (Wildman–Crippen LogP) is 3.49. The topological polar surface area (TPSA) is 88.0 Å². The van der Waals surface area contributed by atoms with Gasteiger partial charge < -0.3 is 24.7 Å². The third kappa shape index (κ3) is 5.13. The van der Waals surface area contributed by atoms with Crippen LogP contribution in [0.5, 0.6) is 0 Å². The van der Waals surface area contributed by atoms with Crippen molar-refractivity contribution in [3.63, 3.8) is 0 Å². The van der Waals surface area contributed by atoms with E-state index < -0.39 is 6.04 Å². The monoisotopic (exact) mass is 503 g/mol. The standard InChI is InChI=1S/C29H37N5O3/c1-19-11-15-33-18-23(31-27(33)25(19)21-8-5-4-6-9-21)24-10-7-14-34(24)29(36)26(22-12-16-37-17-13-22)32-28(35)20(2)30-3/h4-6,8-9,11,15,18,20,22,24,26,30H,7,10,12-14,16-17H2,1-3H3,(H,32,35)/t20-,24-,26-/m0/s1. The van der Waals surface area contributed by atoms with Gasteiger partial charge in [0.1, 0.15) is 11.7 Å². The number of ether oxygens (including phenoxy) is 1. The SMILES string of the molecule is CN[C@@H](C)C(=O)N[C@H](C(=O)N1CCC[C@H]1c1cn2ccc(C)c(-c3ccccc3)c2n1)C1CCOCC1. The summed E-state index contributed by atoms with van der Waals surface area (Å²) < 4.78 is 7.61. The molecule has 196 valence electrons. The van der Waals surface area contributed by atoms with E-state index in [4.69, 9.17) is 9.72 Å². The number of rotatable bonds is 7. The van der Waals surface area contributed by atoms with Gasteiger partial charge >= 0.3 is 0 Å². The van der Waals surface area contributed by atoms with E-state index >= 15 is 0 Å². The van der Waals surface area contributed by atoms with Crippen molar-refractivity contribution in [3.05, 3.63) is 60.0 Å². The van der Waals surface area contributed by atoms with Gasteiger partial charge in [0.05, 0.1) is 17.8 Å². The molecule has 0 radical (unpaired) electrons. The first kappa shape index (κ1) is 25.4. The molecule has 2 N–H and O–H groups in total. The fourth-order valence-corrected chi connectivity index (χ4v) is 5.64. The molecule has 0 aliphatic carbocycles. The van der Waals surface area contributed by atoms with Gasteiger partial charge in [0, 0.05) is 37.7 Å². The van der Waals surface area contributed by atoms with Crippen LogP contribution in [0.1, 0.15) is 49.9 Å². The van der Waals surface area contributed by atoms with E-state index in [1.54, 1.807) is 7.05 Å². The van der Waals surface area contributed by atoms with Crippen molar-refractivity contribution in [3.8, 4) is 11.1 Å². The minimum absolute atomic E-state index is 0.0115. The molecule has 8 nitrogen and oxygen atoms in total. The first-order valence-corrected chi connectivity index (χ1v) is 13.4. The van der Waals surface area contributed by atoms with Gasteiger partial charge in [-0.3, -0.25) is 9.59 Å². The van der Waals surface area contributed by atoms with Crippen LogP contribution in [0.15, 0.2) is 48.8 Å². The zero-order chi connectivity index (χ0) is 25.9. The summed E-state index contributed by atoms with van der Waals surface area (Å²) >= 11 is 0. The lowest BCUT2D eigenvalue weighted by Crippen LogP contribution is -2.56. The zero-order valence-electron chi connectivity index (χ0n) is 21.9. The molecule has 4 heterocycles. The fraction of sp³-hybridized carbons (Fsp3) is 0.483. The zero-order valence-corrected chi connectivity index (χ0v) is 21.9. The van der Waals surface area contributed by atoms with Crippen molar-refractivity contribution < 1.29 is 14.3 Å². The number of nitrogens with one attached hydrogen (secondary N) is 2. The number of aryl methyl sites for hydroxylation is 1. The summed E-state index contributed by atoms with van der Waals surface area (Å²) in [6.45, 7) is 5.81. The number of likely N-dealkylation sites (N-methyl/N-ethyl adjacent to an activating group) is 1. The van der Waals surface area contributed by atoms with Crippen molar-refractivity contribution in [2.75, 3.05) is 26.8 Å². The number of aromatic nitrogens is 2. The van der Waals surface area contributed by atoms with E-state index in [1.165, 1.54) is 0 Å². The molecule has 2 amide bonds. The molecule has 3 atom stereocenters. The van der Waals surface area contributed by atoms with Crippen molar-refractivity contribution >= 4 is 17.5 Å². The molecular formula is C29H37N5O3. The lowest BCUT2D eigenvalue weighted by atomic mass is 9.90. The Morgan fingerprint density at radius 1 is 1.11 bits per heavy atom. The van der Waals surface area contributed by atoms with Crippen LogP contribution in [-0.4, -0.2) is 65.0 Å². The largest absolute Gasteiger partial charge is 0.381 e. The highest BCUT2D eigenvalue weighted by Gasteiger charge is 2.40. The molecule has 2 aliphatic heterocycles. The molecule has 2 saturated heterocycles. The molecule has 2 aliphatic rings. The summed E-state index contributed by atoms with van der Waals surface area (Å²) in [5.74, 6) is -0.106. The van der Waals surface area contributed by atoms with Gasteiger partial charge in [0.2, 0.25) is 11.8 Å². The van der Waals surface area contributed by atoms with E-state index in [2.05, 4.69) is 46.4 Å². The number of fused-ring (bicyclic) bond motifs is 1. The van der Waals surface area contributed by atoms with E-state index in [0.29, 0.717) is 19.8 Å². The minimum Gasteiger partial charge on any atom is -0.381 e. The third-order valence-electron chi connectivity index (χ3n) is 7.92. The van der Waals surface area contributed by atoms with Crippen LogP contribution in [0.4, 0.5) is 0 Å². The number of hydrogen-bond acceptors (Lipinski definition) is 5. The maximum atomic E-state index is 14.0. The number of nitrogens with zero attached hydrogens (tertiary/aromatic N) is 3. The molecule has 5 rings (SSSR count). The van der Waals surface area contributed by atoms with Gasteiger partial charge in [-0.15, -0.1) is 0 Å². The average molecular weight is 504 g/mol. The van der Waals surface area contributed by atoms with E-state index in [1.807, 2.05) is 36.2 Å². The van der Waals surface area contributed by atoms with E-state index in [9.17, 15) is 9.59 Å². The molecule has 0 unspecified atom stereocenters. The van der Waals surface area contributed by atoms with Crippen LogP contribution < -0.4 is 10.6 Å². The number of imidazole rings is 1. The number of carbonyl (C=O) groups is 2. The van der Waals surface area contributed by atoms with Crippen molar-refractivity contribution in [2.24, 2.45) is 5.92 Å². The van der Waals surface area contributed by atoms with Gasteiger partial charge in [-0.05, 0) is 69.7 Å². The molecule has 3 aromatic rings. The maximum Gasteiger partial charge on any atom is 0.246 e. The van der Waals surface area contributed by atoms with Crippen LogP contribution in [0.2, 0.25) is 0 Å². The fourth-order valence-electron chi connectivity index (χ4n) is 5.64. The lowest BCUT2D eigenvalue weighted by Gasteiger charge is -2.35. The first-order chi connectivity index (χ1) is 18.0. The molecule has 2 fully saturated rings. The highest BCUT2D eigenvalue weighted by Crippen LogP contribution is 2.35. The Kier molecular flexibility index (Phi) is 7.58. The Labute approximate surface area is 218 Å². The Morgan fingerprint density at radius 3 is 2.59 bits per heavy atom. The number of pyridine rings is 1. The maximum absolute atomic E-state index is 14.0. The second kappa shape index (κ2) is 11.0. The molecule has 0 spiro atoms. The average Bonchev–Trinajstić information content (AvgIpc) is 3.59. The Balaban J connectivity index is 1.46. The second-order valence-electron chi connectivity index (χ2n) is 10.3. The van der Waals surface area contributed by atoms with Gasteiger partial charge in [0.15, 0.2) is 0 Å². The molecule has 2 aromatic heterocycles. The summed E-state index contributed by atoms with van der Waals surface area (Å²) in [6, 6.07) is 11.4. The Bertz CT molecular complexity index is 1250. The second-order valence-corrected chi connectivity index (χ2v) is 10.3. The summed E-state index contributed by atoms with van der Waals surface area (Å²) in [6.07, 6.45) is 7.39. The summed E-state index contributed by atoms with van der Waals surface area (Å²) in [7, 11) is 1.75. The molecular weight excluding hydrogens is 466 g/mol. The normalized spacial score (nSPS) is 20.2. The van der Waals surface area contributed by atoms with E-state index in [-0.39, 0.29) is 29.8 Å². The number of amides is 2. The molecule has 8 heteroatoms. The van der Waals surface area contributed by atoms with Crippen LogP contribution in [-0.2, 0) is 14.3 Å². The molecule has 0 saturated carbocycles. The molecule has 37 heavy (non-hydrogen) atoms. The minimum atomic E-state index is -0.563. The van der Waals surface area contributed by atoms with Crippen molar-refractivity contribution in [1.29, 1.82) is 0 Å². The van der Waals surface area contributed by atoms with Gasteiger partial charge in [-0.25, -0.2) is 4.98 Å². The molecule has 0 bridgehead atoms. The third-order valence-corrected chi connectivity index (χ3v) is 7.92. The smallest absolute Gasteiger partial charge is 0.246 e. The Hall–Kier alpha value is -3.23. The van der Waals surface area contributed by atoms with Crippen LogP contribution in [0.3, 0.4) is 0 Å². The number of likely N-dealkylation sites (tertiary alicyclic amines) is 1. The van der Waals surface area contributed by atoms with Crippen LogP contribution >= 0.6 is 0 Å². The van der Waals surface area contributed by atoms with Crippen LogP contribution in [0.25, 0.3) is 16.8 Å². The lowest BCUT2D eigenvalue weighted by molar-refractivity contribution is -0.140. The van der Waals surface area contributed by atoms with Gasteiger partial charge in [-0.2, -0.15) is 0 Å². The first-order valence-electron chi connectivity index (χ1n) is 13.4. The quantitative estimate of drug-likeness (QED) is 0.515. The van der Waals surface area contributed by atoms with Crippen molar-refractivity contribution in [1.82, 2.24) is 24.9 Å². The number of carbonyl (C=O) groups excluding carboxylic acids is 2. The van der Waals surface area contributed by atoms with Gasteiger partial charge in [0.25, 0.3) is 0 Å². The number of hydrogen-bond donors (Lipinski definition) is 2. The highest BCUT2D eigenvalue weighted by atomic mass is 16.5. The predicted molar refractivity (Wildman–Crippen MR) is 143 cm³/mol. The summed E-state index contributed by atoms with van der Waals surface area (Å²) in [5, 5.41) is 6.06. The molecule has 1 aromatic carbocycles. The summed E-state index contributed by atoms with van der Waals surface area (Å²) in [5.41, 5.74) is 5.20. The highest BCUT2D eigenvalue weighted by molar-refractivity contribution is 5.90.